The molecule has 0 radical (unpaired) electrons. The summed E-state index contributed by atoms with van der Waals surface area (Å²) >= 11 is 6.22. The molecule has 2 aromatic carbocycles. The number of halogens is 1. The van der Waals surface area contributed by atoms with Gasteiger partial charge in [0.2, 0.25) is 11.8 Å². The van der Waals surface area contributed by atoms with E-state index >= 15 is 0 Å². The lowest BCUT2D eigenvalue weighted by atomic mass is 10.1. The number of amides is 2. The summed E-state index contributed by atoms with van der Waals surface area (Å²) in [6.45, 7) is 7.15. The first-order valence-electron chi connectivity index (χ1n) is 7.69. The predicted molar refractivity (Wildman–Crippen MR) is 98.8 cm³/mol. The number of aryl methyl sites for hydroxylation is 3. The molecule has 1 N–H and O–H groups in total. The molecule has 0 aromatic heterocycles. The van der Waals surface area contributed by atoms with Crippen LogP contribution >= 0.6 is 11.6 Å². The topological polar surface area (TPSA) is 49.4 Å². The highest BCUT2D eigenvalue weighted by molar-refractivity contribution is 6.34. The molecule has 0 saturated carbocycles. The molecule has 0 aliphatic carbocycles. The highest BCUT2D eigenvalue weighted by Gasteiger charge is 2.17. The number of carbonyl (C=O) groups excluding carboxylic acids is 2. The molecule has 0 aliphatic heterocycles. The van der Waals surface area contributed by atoms with Crippen molar-refractivity contribution in [1.82, 2.24) is 0 Å². The molecule has 2 amide bonds. The summed E-state index contributed by atoms with van der Waals surface area (Å²) in [5.74, 6) is -0.483. The molecule has 0 atom stereocenters. The Morgan fingerprint density at radius 3 is 2.38 bits per heavy atom. The maximum Gasteiger partial charge on any atom is 0.244 e. The normalized spacial score (nSPS) is 10.4. The smallest absolute Gasteiger partial charge is 0.244 e. The van der Waals surface area contributed by atoms with Crippen LogP contribution in [0.3, 0.4) is 0 Å². The first-order valence-corrected chi connectivity index (χ1v) is 8.07. The lowest BCUT2D eigenvalue weighted by Gasteiger charge is -2.21. The fraction of sp³-hybridized carbons (Fsp3) is 0.263. The van der Waals surface area contributed by atoms with Crippen LogP contribution in [0.15, 0.2) is 36.4 Å². The van der Waals surface area contributed by atoms with Crippen molar-refractivity contribution in [3.63, 3.8) is 0 Å². The standard InChI is InChI=1S/C19H21ClN2O2/c1-12-6-5-7-16(9-12)22(15(4)23)11-18(24)21-19-14(3)8-13(2)10-17(19)20/h5-10H,11H2,1-4H3,(H,21,24). The average Bonchev–Trinajstić information content (AvgIpc) is 2.48. The molecule has 0 aliphatic rings. The molecule has 0 saturated heterocycles. The van der Waals surface area contributed by atoms with E-state index in [4.69, 9.17) is 11.6 Å². The van der Waals surface area contributed by atoms with E-state index in [1.54, 1.807) is 6.07 Å². The van der Waals surface area contributed by atoms with Gasteiger partial charge in [0.05, 0.1) is 10.7 Å². The molecule has 4 nitrogen and oxygen atoms in total. The molecule has 0 fully saturated rings. The second kappa shape index (κ2) is 7.49. The van der Waals surface area contributed by atoms with Gasteiger partial charge in [-0.25, -0.2) is 0 Å². The molecule has 126 valence electrons. The first-order chi connectivity index (χ1) is 11.3. The quantitative estimate of drug-likeness (QED) is 0.901. The van der Waals surface area contributed by atoms with Gasteiger partial charge in [0.25, 0.3) is 0 Å². The van der Waals surface area contributed by atoms with Gasteiger partial charge in [-0.2, -0.15) is 0 Å². The van der Waals surface area contributed by atoms with E-state index in [1.165, 1.54) is 11.8 Å². The van der Waals surface area contributed by atoms with Crippen molar-refractivity contribution in [3.8, 4) is 0 Å². The summed E-state index contributed by atoms with van der Waals surface area (Å²) in [5.41, 5.74) is 4.22. The lowest BCUT2D eigenvalue weighted by molar-refractivity contribution is -0.120. The Morgan fingerprint density at radius 2 is 1.79 bits per heavy atom. The second-order valence-corrected chi connectivity index (χ2v) is 6.34. The van der Waals surface area contributed by atoms with Crippen LogP contribution in [0, 0.1) is 20.8 Å². The van der Waals surface area contributed by atoms with Crippen LogP contribution in [0.2, 0.25) is 5.02 Å². The fourth-order valence-electron chi connectivity index (χ4n) is 2.58. The molecule has 2 aromatic rings. The SMILES string of the molecule is CC(=O)N(CC(=O)Nc1c(C)cc(C)cc1Cl)c1cccc(C)c1. The number of rotatable bonds is 4. The lowest BCUT2D eigenvalue weighted by Crippen LogP contribution is -2.36. The molecule has 24 heavy (non-hydrogen) atoms. The van der Waals surface area contributed by atoms with E-state index in [1.807, 2.05) is 51.1 Å². The van der Waals surface area contributed by atoms with Gasteiger partial charge < -0.3 is 10.2 Å². The zero-order chi connectivity index (χ0) is 17.9. The summed E-state index contributed by atoms with van der Waals surface area (Å²) in [6, 6.07) is 11.2. The summed E-state index contributed by atoms with van der Waals surface area (Å²) in [5, 5.41) is 3.30. The molecule has 0 unspecified atom stereocenters. The van der Waals surface area contributed by atoms with Gasteiger partial charge in [0, 0.05) is 12.6 Å². The number of nitrogens with zero attached hydrogens (tertiary/aromatic N) is 1. The van der Waals surface area contributed by atoms with Crippen LogP contribution in [0.4, 0.5) is 11.4 Å². The minimum absolute atomic E-state index is 0.0670. The van der Waals surface area contributed by atoms with Crippen molar-refractivity contribution >= 4 is 34.8 Å². The van der Waals surface area contributed by atoms with Crippen molar-refractivity contribution in [3.05, 3.63) is 58.1 Å². The van der Waals surface area contributed by atoms with Crippen LogP contribution < -0.4 is 10.2 Å². The third-order valence-corrected chi connectivity index (χ3v) is 3.99. The molecule has 5 heteroatoms. The van der Waals surface area contributed by atoms with E-state index in [-0.39, 0.29) is 18.4 Å². The van der Waals surface area contributed by atoms with E-state index in [0.29, 0.717) is 16.4 Å². The number of hydrogen-bond donors (Lipinski definition) is 1. The van der Waals surface area contributed by atoms with E-state index < -0.39 is 0 Å². The monoisotopic (exact) mass is 344 g/mol. The number of nitrogens with one attached hydrogen (secondary N) is 1. The van der Waals surface area contributed by atoms with Gasteiger partial charge in [-0.05, 0) is 55.7 Å². The Hall–Kier alpha value is -2.33. The number of carbonyl (C=O) groups is 2. The zero-order valence-electron chi connectivity index (χ0n) is 14.3. The van der Waals surface area contributed by atoms with Crippen molar-refractivity contribution in [2.75, 3.05) is 16.8 Å². The third kappa shape index (κ3) is 4.36. The molecular formula is C19H21ClN2O2. The Bertz CT molecular complexity index is 764. The number of anilines is 2. The van der Waals surface area contributed by atoms with Crippen molar-refractivity contribution in [2.45, 2.75) is 27.7 Å². The molecule has 2 rings (SSSR count). The van der Waals surface area contributed by atoms with Crippen molar-refractivity contribution < 1.29 is 9.59 Å². The number of benzene rings is 2. The van der Waals surface area contributed by atoms with Gasteiger partial charge in [-0.15, -0.1) is 0 Å². The van der Waals surface area contributed by atoms with Crippen LogP contribution in [0.1, 0.15) is 23.6 Å². The summed E-state index contributed by atoms with van der Waals surface area (Å²) in [7, 11) is 0. The van der Waals surface area contributed by atoms with Crippen LogP contribution in [-0.2, 0) is 9.59 Å². The van der Waals surface area contributed by atoms with Gasteiger partial charge >= 0.3 is 0 Å². The van der Waals surface area contributed by atoms with Gasteiger partial charge in [-0.1, -0.05) is 29.8 Å². The highest BCUT2D eigenvalue weighted by Crippen LogP contribution is 2.27. The second-order valence-electron chi connectivity index (χ2n) is 5.93. The summed E-state index contributed by atoms with van der Waals surface area (Å²) in [4.78, 5) is 25.8. The Balaban J connectivity index is 2.19. The highest BCUT2D eigenvalue weighted by atomic mass is 35.5. The fourth-order valence-corrected chi connectivity index (χ4v) is 2.95. The van der Waals surface area contributed by atoms with Crippen molar-refractivity contribution in [2.24, 2.45) is 0 Å². The Kier molecular flexibility index (Phi) is 5.62. The summed E-state index contributed by atoms with van der Waals surface area (Å²) in [6.07, 6.45) is 0. The maximum absolute atomic E-state index is 12.4. The Morgan fingerprint density at radius 1 is 1.08 bits per heavy atom. The third-order valence-electron chi connectivity index (χ3n) is 3.69. The predicted octanol–water partition coefficient (Wildman–Crippen LogP) is 4.26. The molecule has 0 bridgehead atoms. The zero-order valence-corrected chi connectivity index (χ0v) is 15.1. The first kappa shape index (κ1) is 18.0. The average molecular weight is 345 g/mol. The van der Waals surface area contributed by atoms with Crippen molar-refractivity contribution in [1.29, 1.82) is 0 Å². The van der Waals surface area contributed by atoms with Gasteiger partial charge in [0.15, 0.2) is 0 Å². The van der Waals surface area contributed by atoms with E-state index in [0.717, 1.165) is 16.7 Å². The van der Waals surface area contributed by atoms with E-state index in [9.17, 15) is 9.59 Å². The van der Waals surface area contributed by atoms with Gasteiger partial charge in [0.1, 0.15) is 6.54 Å². The minimum atomic E-state index is -0.291. The van der Waals surface area contributed by atoms with Gasteiger partial charge in [-0.3, -0.25) is 9.59 Å². The maximum atomic E-state index is 12.4. The van der Waals surface area contributed by atoms with Crippen LogP contribution in [0.25, 0.3) is 0 Å². The number of hydrogen-bond acceptors (Lipinski definition) is 2. The van der Waals surface area contributed by atoms with Crippen LogP contribution in [-0.4, -0.2) is 18.4 Å². The molecule has 0 spiro atoms. The minimum Gasteiger partial charge on any atom is -0.323 e. The largest absolute Gasteiger partial charge is 0.323 e. The van der Waals surface area contributed by atoms with Crippen LogP contribution in [0.5, 0.6) is 0 Å². The summed E-state index contributed by atoms with van der Waals surface area (Å²) < 4.78 is 0. The molecular weight excluding hydrogens is 324 g/mol. The molecule has 0 heterocycles. The van der Waals surface area contributed by atoms with E-state index in [2.05, 4.69) is 5.32 Å². The Labute approximate surface area is 147 Å².